The van der Waals surface area contributed by atoms with Gasteiger partial charge in [0.15, 0.2) is 0 Å². The van der Waals surface area contributed by atoms with Crippen LogP contribution in [0.5, 0.6) is 5.75 Å². The van der Waals surface area contributed by atoms with E-state index in [-0.39, 0.29) is 6.04 Å². The van der Waals surface area contributed by atoms with E-state index in [2.05, 4.69) is 5.43 Å². The van der Waals surface area contributed by atoms with Gasteiger partial charge in [-0.15, -0.1) is 0 Å². The second kappa shape index (κ2) is 7.87. The Labute approximate surface area is 138 Å². The second-order valence-electron chi connectivity index (χ2n) is 4.57. The van der Waals surface area contributed by atoms with Gasteiger partial charge in [0.2, 0.25) is 0 Å². The molecule has 0 spiro atoms. The van der Waals surface area contributed by atoms with Crippen LogP contribution in [0.4, 0.5) is 0 Å². The predicted octanol–water partition coefficient (Wildman–Crippen LogP) is 4.10. The Morgan fingerprint density at radius 1 is 1.00 bits per heavy atom. The Balaban J connectivity index is 1.95. The molecule has 0 heterocycles. The molecule has 0 fully saturated rings. The zero-order valence-electron chi connectivity index (χ0n) is 11.2. The van der Waals surface area contributed by atoms with E-state index in [0.29, 0.717) is 28.1 Å². The lowest BCUT2D eigenvalue weighted by molar-refractivity contribution is 0.264. The van der Waals surface area contributed by atoms with Crippen molar-refractivity contribution in [2.24, 2.45) is 5.84 Å². The molecule has 0 radical (unpaired) electrons. The summed E-state index contributed by atoms with van der Waals surface area (Å²) in [6.45, 7) is 0.414. The first-order valence-corrected chi connectivity index (χ1v) is 7.50. The third kappa shape index (κ3) is 5.06. The molecule has 0 saturated heterocycles. The number of nitrogens with one attached hydrogen (secondary N) is 1. The minimum atomic E-state index is -0.0700. The van der Waals surface area contributed by atoms with Gasteiger partial charge in [0, 0.05) is 15.1 Å². The van der Waals surface area contributed by atoms with Crippen LogP contribution in [-0.4, -0.2) is 12.6 Å². The average Bonchev–Trinajstić information content (AvgIpc) is 2.47. The summed E-state index contributed by atoms with van der Waals surface area (Å²) in [6, 6.07) is 12.5. The number of hydrogen-bond acceptors (Lipinski definition) is 3. The number of rotatable bonds is 6. The Hall–Kier alpha value is -0.970. The SMILES string of the molecule is NNC(COc1ccc(Cl)cc1)Cc1ccc(Cl)cc1Cl. The predicted molar refractivity (Wildman–Crippen MR) is 88.2 cm³/mol. The third-order valence-electron chi connectivity index (χ3n) is 2.98. The van der Waals surface area contributed by atoms with Crippen molar-refractivity contribution in [3.8, 4) is 5.75 Å². The number of ether oxygens (including phenoxy) is 1. The van der Waals surface area contributed by atoms with Crippen LogP contribution < -0.4 is 16.0 Å². The molecule has 2 aromatic rings. The Kier molecular flexibility index (Phi) is 6.15. The van der Waals surface area contributed by atoms with Gasteiger partial charge in [0.1, 0.15) is 12.4 Å². The lowest BCUT2D eigenvalue weighted by atomic mass is 10.1. The van der Waals surface area contributed by atoms with Crippen molar-refractivity contribution >= 4 is 34.8 Å². The molecule has 0 amide bonds. The Morgan fingerprint density at radius 2 is 1.67 bits per heavy atom. The maximum Gasteiger partial charge on any atom is 0.119 e. The van der Waals surface area contributed by atoms with Crippen LogP contribution in [0.2, 0.25) is 15.1 Å². The van der Waals surface area contributed by atoms with Crippen LogP contribution in [0, 0.1) is 0 Å². The summed E-state index contributed by atoms with van der Waals surface area (Å²) in [5.41, 5.74) is 3.69. The van der Waals surface area contributed by atoms with Crippen LogP contribution in [0.1, 0.15) is 5.56 Å². The standard InChI is InChI=1S/C15H15Cl3N2O/c16-11-3-5-14(6-4-11)21-9-13(20-19)7-10-1-2-12(17)8-15(10)18/h1-6,8,13,20H,7,9,19H2. The molecule has 3 N–H and O–H groups in total. The van der Waals surface area contributed by atoms with Gasteiger partial charge < -0.3 is 4.74 Å². The highest BCUT2D eigenvalue weighted by Gasteiger charge is 2.11. The molecule has 0 bridgehead atoms. The summed E-state index contributed by atoms with van der Waals surface area (Å²) >= 11 is 17.9. The summed E-state index contributed by atoms with van der Waals surface area (Å²) in [4.78, 5) is 0. The highest BCUT2D eigenvalue weighted by Crippen LogP contribution is 2.22. The van der Waals surface area contributed by atoms with E-state index in [9.17, 15) is 0 Å². The van der Waals surface area contributed by atoms with Crippen molar-refractivity contribution in [3.05, 3.63) is 63.1 Å². The molecule has 2 rings (SSSR count). The second-order valence-corrected chi connectivity index (χ2v) is 5.85. The van der Waals surface area contributed by atoms with Crippen LogP contribution in [0.15, 0.2) is 42.5 Å². The van der Waals surface area contributed by atoms with E-state index in [4.69, 9.17) is 45.4 Å². The summed E-state index contributed by atoms with van der Waals surface area (Å²) < 4.78 is 5.68. The van der Waals surface area contributed by atoms with Gasteiger partial charge in [-0.3, -0.25) is 11.3 Å². The maximum atomic E-state index is 6.16. The number of hydrogen-bond donors (Lipinski definition) is 2. The number of hydrazine groups is 1. The van der Waals surface area contributed by atoms with Crippen molar-refractivity contribution in [1.29, 1.82) is 0 Å². The van der Waals surface area contributed by atoms with E-state index >= 15 is 0 Å². The van der Waals surface area contributed by atoms with E-state index in [1.807, 2.05) is 18.2 Å². The smallest absolute Gasteiger partial charge is 0.119 e. The summed E-state index contributed by atoms with van der Waals surface area (Å²) in [7, 11) is 0. The molecule has 3 nitrogen and oxygen atoms in total. The molecule has 0 aliphatic rings. The fourth-order valence-electron chi connectivity index (χ4n) is 1.85. The van der Waals surface area contributed by atoms with Gasteiger partial charge >= 0.3 is 0 Å². The van der Waals surface area contributed by atoms with Crippen molar-refractivity contribution in [1.82, 2.24) is 5.43 Å². The van der Waals surface area contributed by atoms with Gasteiger partial charge in [-0.1, -0.05) is 40.9 Å². The molecule has 1 unspecified atom stereocenters. The highest BCUT2D eigenvalue weighted by molar-refractivity contribution is 6.35. The Bertz CT molecular complexity index is 590. The van der Waals surface area contributed by atoms with Gasteiger partial charge in [0.05, 0.1) is 6.04 Å². The maximum absolute atomic E-state index is 6.16. The molecule has 1 atom stereocenters. The van der Waals surface area contributed by atoms with Gasteiger partial charge in [-0.25, -0.2) is 0 Å². The average molecular weight is 346 g/mol. The topological polar surface area (TPSA) is 47.3 Å². The van der Waals surface area contributed by atoms with Gasteiger partial charge in [0.25, 0.3) is 0 Å². The fourth-order valence-corrected chi connectivity index (χ4v) is 2.46. The van der Waals surface area contributed by atoms with Crippen LogP contribution in [0.3, 0.4) is 0 Å². The molecule has 6 heteroatoms. The number of benzene rings is 2. The minimum absolute atomic E-state index is 0.0700. The number of nitrogens with two attached hydrogens (primary N) is 1. The summed E-state index contributed by atoms with van der Waals surface area (Å²) in [5, 5.41) is 1.90. The molecule has 112 valence electrons. The largest absolute Gasteiger partial charge is 0.492 e. The monoisotopic (exact) mass is 344 g/mol. The molecule has 21 heavy (non-hydrogen) atoms. The van der Waals surface area contributed by atoms with Crippen LogP contribution in [-0.2, 0) is 6.42 Å². The zero-order valence-corrected chi connectivity index (χ0v) is 13.4. The van der Waals surface area contributed by atoms with E-state index in [0.717, 1.165) is 11.3 Å². The Morgan fingerprint density at radius 3 is 2.29 bits per heavy atom. The summed E-state index contributed by atoms with van der Waals surface area (Å²) in [5.74, 6) is 6.31. The van der Waals surface area contributed by atoms with Crippen LogP contribution in [0.25, 0.3) is 0 Å². The van der Waals surface area contributed by atoms with Crippen molar-refractivity contribution in [3.63, 3.8) is 0 Å². The van der Waals surface area contributed by atoms with Crippen molar-refractivity contribution < 1.29 is 4.74 Å². The first kappa shape index (κ1) is 16.4. The quantitative estimate of drug-likeness (QED) is 0.612. The first-order valence-electron chi connectivity index (χ1n) is 6.37. The first-order chi connectivity index (χ1) is 10.1. The zero-order chi connectivity index (χ0) is 15.2. The minimum Gasteiger partial charge on any atom is -0.492 e. The molecular weight excluding hydrogens is 331 g/mol. The lowest BCUT2D eigenvalue weighted by Gasteiger charge is -2.17. The summed E-state index contributed by atoms with van der Waals surface area (Å²) in [6.07, 6.45) is 0.639. The third-order valence-corrected chi connectivity index (χ3v) is 3.82. The lowest BCUT2D eigenvalue weighted by Crippen LogP contribution is -2.41. The van der Waals surface area contributed by atoms with Crippen molar-refractivity contribution in [2.45, 2.75) is 12.5 Å². The fraction of sp³-hybridized carbons (Fsp3) is 0.200. The molecule has 0 aliphatic carbocycles. The van der Waals surface area contributed by atoms with Gasteiger partial charge in [-0.2, -0.15) is 0 Å². The molecule has 0 aliphatic heterocycles. The normalized spacial score (nSPS) is 12.2. The molecule has 0 aromatic heterocycles. The highest BCUT2D eigenvalue weighted by atomic mass is 35.5. The van der Waals surface area contributed by atoms with Crippen molar-refractivity contribution in [2.75, 3.05) is 6.61 Å². The van der Waals surface area contributed by atoms with E-state index < -0.39 is 0 Å². The van der Waals surface area contributed by atoms with E-state index in [1.54, 1.807) is 24.3 Å². The van der Waals surface area contributed by atoms with E-state index in [1.165, 1.54) is 0 Å². The number of halogens is 3. The van der Waals surface area contributed by atoms with Crippen LogP contribution >= 0.6 is 34.8 Å². The molecular formula is C15H15Cl3N2O. The molecule has 2 aromatic carbocycles. The molecule has 0 saturated carbocycles. The van der Waals surface area contributed by atoms with Gasteiger partial charge in [-0.05, 0) is 48.4 Å².